The SMILES string of the molecule is CC(C)C[C@H](N)C(=O)N1CCCC1C(=O)O. The molecule has 1 aliphatic heterocycles. The molecule has 1 saturated heterocycles. The molecule has 0 radical (unpaired) electrons. The number of aliphatic carboxylic acids is 1. The van der Waals surface area contributed by atoms with E-state index in [0.29, 0.717) is 25.3 Å². The van der Waals surface area contributed by atoms with E-state index in [1.165, 1.54) is 4.90 Å². The lowest BCUT2D eigenvalue weighted by Crippen LogP contribution is -2.48. The Kier molecular flexibility index (Phi) is 4.29. The molecule has 1 aliphatic rings. The largest absolute Gasteiger partial charge is 0.480 e. The standard InChI is InChI=1S/C11H20N2O3/c1-7(2)6-8(12)10(14)13-5-3-4-9(13)11(15)16/h7-9H,3-6,12H2,1-2H3,(H,15,16)/t8-,9?/m0/s1. The van der Waals surface area contributed by atoms with Crippen molar-refractivity contribution >= 4 is 11.9 Å². The van der Waals surface area contributed by atoms with Gasteiger partial charge in [0.25, 0.3) is 0 Å². The molecule has 1 fully saturated rings. The zero-order valence-corrected chi connectivity index (χ0v) is 9.85. The maximum Gasteiger partial charge on any atom is 0.326 e. The Balaban J connectivity index is 2.62. The van der Waals surface area contributed by atoms with Gasteiger partial charge in [-0.1, -0.05) is 13.8 Å². The highest BCUT2D eigenvalue weighted by Gasteiger charge is 2.35. The second-order valence-electron chi connectivity index (χ2n) is 4.76. The smallest absolute Gasteiger partial charge is 0.326 e. The number of hydrogen-bond donors (Lipinski definition) is 2. The lowest BCUT2D eigenvalue weighted by Gasteiger charge is -2.25. The number of carbonyl (C=O) groups is 2. The Morgan fingerprint density at radius 1 is 1.50 bits per heavy atom. The number of carbonyl (C=O) groups excluding carboxylic acids is 1. The van der Waals surface area contributed by atoms with Gasteiger partial charge in [0.2, 0.25) is 5.91 Å². The van der Waals surface area contributed by atoms with Gasteiger partial charge in [-0.05, 0) is 25.2 Å². The van der Waals surface area contributed by atoms with E-state index in [2.05, 4.69) is 0 Å². The maximum absolute atomic E-state index is 11.9. The second kappa shape index (κ2) is 5.30. The van der Waals surface area contributed by atoms with Gasteiger partial charge >= 0.3 is 5.97 Å². The van der Waals surface area contributed by atoms with Crippen LogP contribution < -0.4 is 5.73 Å². The third-order valence-corrected chi connectivity index (χ3v) is 2.86. The number of nitrogens with two attached hydrogens (primary N) is 1. The van der Waals surface area contributed by atoms with Crippen molar-refractivity contribution in [1.82, 2.24) is 4.90 Å². The topological polar surface area (TPSA) is 83.6 Å². The fraction of sp³-hybridized carbons (Fsp3) is 0.818. The molecule has 0 spiro atoms. The lowest BCUT2D eigenvalue weighted by molar-refractivity contribution is -0.148. The van der Waals surface area contributed by atoms with Gasteiger partial charge in [-0.3, -0.25) is 4.79 Å². The van der Waals surface area contributed by atoms with Crippen molar-refractivity contribution in [2.75, 3.05) is 6.54 Å². The molecule has 1 heterocycles. The van der Waals surface area contributed by atoms with Crippen molar-refractivity contribution in [3.8, 4) is 0 Å². The third kappa shape index (κ3) is 2.95. The lowest BCUT2D eigenvalue weighted by atomic mass is 10.0. The molecule has 1 amide bonds. The summed E-state index contributed by atoms with van der Waals surface area (Å²) in [4.78, 5) is 24.3. The Bertz CT molecular complexity index is 278. The number of hydrogen-bond acceptors (Lipinski definition) is 3. The number of rotatable bonds is 4. The summed E-state index contributed by atoms with van der Waals surface area (Å²) in [5, 5.41) is 8.96. The summed E-state index contributed by atoms with van der Waals surface area (Å²) in [6, 6.07) is -1.24. The number of likely N-dealkylation sites (tertiary alicyclic amines) is 1. The van der Waals surface area contributed by atoms with Crippen LogP contribution in [-0.2, 0) is 9.59 Å². The van der Waals surface area contributed by atoms with Crippen LogP contribution in [-0.4, -0.2) is 40.5 Å². The minimum atomic E-state index is -0.928. The molecule has 2 atom stereocenters. The number of carboxylic acid groups (broad SMARTS) is 1. The highest BCUT2D eigenvalue weighted by atomic mass is 16.4. The second-order valence-corrected chi connectivity index (χ2v) is 4.76. The van der Waals surface area contributed by atoms with Crippen molar-refractivity contribution < 1.29 is 14.7 Å². The van der Waals surface area contributed by atoms with Crippen LogP contribution >= 0.6 is 0 Å². The predicted molar refractivity (Wildman–Crippen MR) is 59.8 cm³/mol. The third-order valence-electron chi connectivity index (χ3n) is 2.86. The Hall–Kier alpha value is -1.10. The molecule has 1 unspecified atom stereocenters. The van der Waals surface area contributed by atoms with Gasteiger partial charge in [0.1, 0.15) is 6.04 Å². The number of amides is 1. The highest BCUT2D eigenvalue weighted by Crippen LogP contribution is 2.19. The first kappa shape index (κ1) is 13.0. The molecule has 0 aliphatic carbocycles. The molecular formula is C11H20N2O3. The molecule has 92 valence electrons. The summed E-state index contributed by atoms with van der Waals surface area (Å²) in [6.07, 6.45) is 1.88. The van der Waals surface area contributed by atoms with Crippen LogP contribution in [0.2, 0.25) is 0 Å². The molecule has 5 nitrogen and oxygen atoms in total. The van der Waals surface area contributed by atoms with Crippen LogP contribution in [0.5, 0.6) is 0 Å². The zero-order chi connectivity index (χ0) is 12.3. The minimum absolute atomic E-state index is 0.224. The molecule has 3 N–H and O–H groups in total. The monoisotopic (exact) mass is 228 g/mol. The molecule has 5 heteroatoms. The molecule has 16 heavy (non-hydrogen) atoms. The summed E-state index contributed by atoms with van der Waals surface area (Å²) < 4.78 is 0. The summed E-state index contributed by atoms with van der Waals surface area (Å²) in [6.45, 7) is 4.50. The van der Waals surface area contributed by atoms with E-state index in [-0.39, 0.29) is 5.91 Å². The van der Waals surface area contributed by atoms with Crippen LogP contribution in [0, 0.1) is 5.92 Å². The molecule has 1 rings (SSSR count). The molecule has 0 aromatic heterocycles. The fourth-order valence-corrected chi connectivity index (χ4v) is 2.11. The van der Waals surface area contributed by atoms with Gasteiger partial charge in [-0.15, -0.1) is 0 Å². The van der Waals surface area contributed by atoms with Crippen molar-refractivity contribution in [3.05, 3.63) is 0 Å². The minimum Gasteiger partial charge on any atom is -0.480 e. The van der Waals surface area contributed by atoms with E-state index in [1.807, 2.05) is 13.8 Å². The van der Waals surface area contributed by atoms with Crippen LogP contribution in [0.4, 0.5) is 0 Å². The van der Waals surface area contributed by atoms with Gasteiger partial charge in [0, 0.05) is 6.54 Å². The van der Waals surface area contributed by atoms with Crippen molar-refractivity contribution in [3.63, 3.8) is 0 Å². The quantitative estimate of drug-likeness (QED) is 0.731. The average Bonchev–Trinajstić information content (AvgIpc) is 2.63. The average molecular weight is 228 g/mol. The van der Waals surface area contributed by atoms with E-state index < -0.39 is 18.1 Å². The zero-order valence-electron chi connectivity index (χ0n) is 9.85. The highest BCUT2D eigenvalue weighted by molar-refractivity contribution is 5.87. The van der Waals surface area contributed by atoms with Crippen molar-refractivity contribution in [2.45, 2.75) is 45.2 Å². The van der Waals surface area contributed by atoms with E-state index in [4.69, 9.17) is 10.8 Å². The van der Waals surface area contributed by atoms with Crippen LogP contribution in [0.15, 0.2) is 0 Å². The summed E-state index contributed by atoms with van der Waals surface area (Å²) in [5.41, 5.74) is 5.78. The van der Waals surface area contributed by atoms with Crippen LogP contribution in [0.25, 0.3) is 0 Å². The summed E-state index contributed by atoms with van der Waals surface area (Å²) in [7, 11) is 0. The summed E-state index contributed by atoms with van der Waals surface area (Å²) in [5.74, 6) is -0.814. The van der Waals surface area contributed by atoms with E-state index >= 15 is 0 Å². The summed E-state index contributed by atoms with van der Waals surface area (Å²) >= 11 is 0. The normalized spacial score (nSPS) is 22.5. The van der Waals surface area contributed by atoms with Gasteiger partial charge in [-0.2, -0.15) is 0 Å². The van der Waals surface area contributed by atoms with Gasteiger partial charge in [-0.25, -0.2) is 4.79 Å². The Labute approximate surface area is 95.6 Å². The Morgan fingerprint density at radius 2 is 2.12 bits per heavy atom. The molecule has 0 saturated carbocycles. The van der Waals surface area contributed by atoms with E-state index in [1.54, 1.807) is 0 Å². The van der Waals surface area contributed by atoms with Crippen LogP contribution in [0.1, 0.15) is 33.1 Å². The van der Waals surface area contributed by atoms with Crippen LogP contribution in [0.3, 0.4) is 0 Å². The van der Waals surface area contributed by atoms with Gasteiger partial charge < -0.3 is 15.7 Å². The van der Waals surface area contributed by atoms with Gasteiger partial charge in [0.05, 0.1) is 6.04 Å². The molecule has 0 aromatic rings. The molecule has 0 bridgehead atoms. The maximum atomic E-state index is 11.9. The predicted octanol–water partition coefficient (Wildman–Crippen LogP) is 0.435. The first-order valence-electron chi connectivity index (χ1n) is 5.72. The van der Waals surface area contributed by atoms with E-state index in [0.717, 1.165) is 6.42 Å². The van der Waals surface area contributed by atoms with Crippen molar-refractivity contribution in [1.29, 1.82) is 0 Å². The van der Waals surface area contributed by atoms with E-state index in [9.17, 15) is 9.59 Å². The van der Waals surface area contributed by atoms with Crippen molar-refractivity contribution in [2.24, 2.45) is 11.7 Å². The first-order chi connectivity index (χ1) is 7.43. The number of carboxylic acids is 1. The Morgan fingerprint density at radius 3 is 2.62 bits per heavy atom. The molecular weight excluding hydrogens is 208 g/mol. The fourth-order valence-electron chi connectivity index (χ4n) is 2.11. The van der Waals surface area contributed by atoms with Gasteiger partial charge in [0.15, 0.2) is 0 Å². The number of nitrogens with zero attached hydrogens (tertiary/aromatic N) is 1. The first-order valence-corrected chi connectivity index (χ1v) is 5.72. The molecule has 0 aromatic carbocycles.